The van der Waals surface area contributed by atoms with E-state index in [0.717, 1.165) is 55.2 Å². The third-order valence-electron chi connectivity index (χ3n) is 5.57. The minimum Gasteiger partial charge on any atom is -0.468 e. The highest BCUT2D eigenvalue weighted by molar-refractivity contribution is 7.99. The molecule has 0 aliphatic heterocycles. The molecule has 0 amide bonds. The molecule has 1 atom stereocenters. The van der Waals surface area contributed by atoms with Gasteiger partial charge in [0.1, 0.15) is 4.83 Å². The summed E-state index contributed by atoms with van der Waals surface area (Å²) in [6.45, 7) is 2.27. The summed E-state index contributed by atoms with van der Waals surface area (Å²) in [5.41, 5.74) is 1.33. The fraction of sp³-hybridized carbons (Fsp3) is 0.632. The second kappa shape index (κ2) is 7.35. The van der Waals surface area contributed by atoms with Crippen molar-refractivity contribution in [1.82, 2.24) is 9.55 Å². The fourth-order valence-electron chi connectivity index (χ4n) is 4.15. The summed E-state index contributed by atoms with van der Waals surface area (Å²) in [5, 5.41) is 1.51. The maximum Gasteiger partial charge on any atom is 0.316 e. The zero-order valence-corrected chi connectivity index (χ0v) is 16.9. The predicted molar refractivity (Wildman–Crippen MR) is 105 cm³/mol. The summed E-state index contributed by atoms with van der Waals surface area (Å²) in [6.07, 6.45) is 7.49. The second-order valence-corrected chi connectivity index (χ2v) is 9.43. The standard InChI is InChI=1S/C19H24N2O3S2/c1-11-7-8-13-14(9-11)26-17-16(13)18(23)21(12-5-3-4-6-12)19(20-17)25-10-15(22)24-2/h11-12H,3-10H2,1-2H3/t11-/m1/s1. The zero-order valence-electron chi connectivity index (χ0n) is 15.2. The van der Waals surface area contributed by atoms with Crippen molar-refractivity contribution in [2.75, 3.05) is 12.9 Å². The highest BCUT2D eigenvalue weighted by Crippen LogP contribution is 2.38. The first-order valence-electron chi connectivity index (χ1n) is 9.35. The van der Waals surface area contributed by atoms with Crippen molar-refractivity contribution in [3.8, 4) is 0 Å². The van der Waals surface area contributed by atoms with E-state index >= 15 is 0 Å². The van der Waals surface area contributed by atoms with Gasteiger partial charge in [0.15, 0.2) is 5.16 Å². The monoisotopic (exact) mass is 392 g/mol. The second-order valence-electron chi connectivity index (χ2n) is 7.40. The molecule has 2 aliphatic rings. The number of thioether (sulfide) groups is 1. The smallest absolute Gasteiger partial charge is 0.316 e. The van der Waals surface area contributed by atoms with Crippen molar-refractivity contribution < 1.29 is 9.53 Å². The molecule has 0 unspecified atom stereocenters. The van der Waals surface area contributed by atoms with Gasteiger partial charge in [-0.05, 0) is 43.6 Å². The van der Waals surface area contributed by atoms with E-state index in [-0.39, 0.29) is 23.3 Å². The molecule has 1 fully saturated rings. The molecule has 0 saturated heterocycles. The number of thiophene rings is 1. The van der Waals surface area contributed by atoms with Crippen LogP contribution in [0.1, 0.15) is 55.5 Å². The summed E-state index contributed by atoms with van der Waals surface area (Å²) in [5.74, 6) is 0.561. The molecule has 2 aliphatic carbocycles. The number of esters is 1. The van der Waals surface area contributed by atoms with E-state index in [1.807, 2.05) is 4.57 Å². The van der Waals surface area contributed by atoms with Crippen molar-refractivity contribution in [3.63, 3.8) is 0 Å². The van der Waals surface area contributed by atoms with Gasteiger partial charge < -0.3 is 4.74 Å². The largest absolute Gasteiger partial charge is 0.468 e. The SMILES string of the molecule is COC(=O)CSc1nc2sc3c(c2c(=O)n1C1CCCC1)CC[C@@H](C)C3. The van der Waals surface area contributed by atoms with Crippen LogP contribution in [0.5, 0.6) is 0 Å². The number of fused-ring (bicyclic) bond motifs is 3. The quantitative estimate of drug-likeness (QED) is 0.448. The minimum absolute atomic E-state index is 0.0984. The van der Waals surface area contributed by atoms with Crippen LogP contribution in [0.3, 0.4) is 0 Å². The van der Waals surface area contributed by atoms with E-state index in [1.165, 1.54) is 29.3 Å². The molecule has 0 spiro atoms. The summed E-state index contributed by atoms with van der Waals surface area (Å²) in [7, 11) is 1.39. The Balaban J connectivity index is 1.84. The number of aromatic nitrogens is 2. The van der Waals surface area contributed by atoms with Crippen LogP contribution >= 0.6 is 23.1 Å². The highest BCUT2D eigenvalue weighted by atomic mass is 32.2. The van der Waals surface area contributed by atoms with Crippen molar-refractivity contribution in [3.05, 3.63) is 20.8 Å². The van der Waals surface area contributed by atoms with E-state index in [9.17, 15) is 9.59 Å². The van der Waals surface area contributed by atoms with Crippen LogP contribution in [-0.2, 0) is 22.4 Å². The maximum absolute atomic E-state index is 13.5. The number of hydrogen-bond acceptors (Lipinski definition) is 6. The van der Waals surface area contributed by atoms with Crippen LogP contribution in [0.25, 0.3) is 10.2 Å². The average molecular weight is 393 g/mol. The van der Waals surface area contributed by atoms with E-state index in [0.29, 0.717) is 11.1 Å². The van der Waals surface area contributed by atoms with Gasteiger partial charge in [0.25, 0.3) is 5.56 Å². The summed E-state index contributed by atoms with van der Waals surface area (Å²) in [4.78, 5) is 32.1. The average Bonchev–Trinajstić information content (AvgIpc) is 3.26. The lowest BCUT2D eigenvalue weighted by Crippen LogP contribution is -2.27. The molecule has 140 valence electrons. The Labute approximate surface area is 161 Å². The Kier molecular flexibility index (Phi) is 5.10. The lowest BCUT2D eigenvalue weighted by atomic mass is 9.89. The van der Waals surface area contributed by atoms with Gasteiger partial charge in [-0.1, -0.05) is 31.5 Å². The normalized spacial score (nSPS) is 20.5. The fourth-order valence-corrected chi connectivity index (χ4v) is 6.48. The van der Waals surface area contributed by atoms with E-state index in [4.69, 9.17) is 9.72 Å². The maximum atomic E-state index is 13.5. The van der Waals surface area contributed by atoms with Gasteiger partial charge in [-0.2, -0.15) is 0 Å². The number of aryl methyl sites for hydroxylation is 1. The van der Waals surface area contributed by atoms with Crippen LogP contribution < -0.4 is 5.56 Å². The van der Waals surface area contributed by atoms with Gasteiger partial charge in [-0.15, -0.1) is 11.3 Å². The topological polar surface area (TPSA) is 61.2 Å². The molecule has 4 rings (SSSR count). The van der Waals surface area contributed by atoms with Crippen molar-refractivity contribution in [1.29, 1.82) is 0 Å². The third-order valence-corrected chi connectivity index (χ3v) is 7.64. The first-order valence-corrected chi connectivity index (χ1v) is 11.1. The number of rotatable bonds is 4. The summed E-state index contributed by atoms with van der Waals surface area (Å²) < 4.78 is 6.64. The molecular formula is C19H24N2O3S2. The molecule has 0 radical (unpaired) electrons. The Morgan fingerprint density at radius 2 is 2.12 bits per heavy atom. The lowest BCUT2D eigenvalue weighted by molar-refractivity contribution is -0.137. The van der Waals surface area contributed by atoms with Crippen LogP contribution in [0.15, 0.2) is 9.95 Å². The Hall–Kier alpha value is -1.34. The number of nitrogens with zero attached hydrogens (tertiary/aromatic N) is 2. The van der Waals surface area contributed by atoms with E-state index in [1.54, 1.807) is 11.3 Å². The molecular weight excluding hydrogens is 368 g/mol. The number of ether oxygens (including phenoxy) is 1. The van der Waals surface area contributed by atoms with Crippen LogP contribution in [0.4, 0.5) is 0 Å². The molecule has 2 aromatic rings. The van der Waals surface area contributed by atoms with Crippen LogP contribution in [0, 0.1) is 5.92 Å². The first kappa shape index (κ1) is 18.0. The molecule has 0 aromatic carbocycles. The molecule has 2 aromatic heterocycles. The zero-order chi connectivity index (χ0) is 18.3. The van der Waals surface area contributed by atoms with Gasteiger partial charge in [0.2, 0.25) is 0 Å². The Morgan fingerprint density at radius 3 is 2.85 bits per heavy atom. The predicted octanol–water partition coefficient (Wildman–Crippen LogP) is 3.96. The third kappa shape index (κ3) is 3.20. The van der Waals surface area contributed by atoms with Crippen molar-refractivity contribution in [2.24, 2.45) is 5.92 Å². The molecule has 7 heteroatoms. The lowest BCUT2D eigenvalue weighted by Gasteiger charge is -2.19. The molecule has 2 heterocycles. The molecule has 1 saturated carbocycles. The molecule has 0 bridgehead atoms. The van der Waals surface area contributed by atoms with Gasteiger partial charge in [-0.3, -0.25) is 14.2 Å². The molecule has 5 nitrogen and oxygen atoms in total. The van der Waals surface area contributed by atoms with Gasteiger partial charge >= 0.3 is 5.97 Å². The van der Waals surface area contributed by atoms with Crippen LogP contribution in [-0.4, -0.2) is 28.4 Å². The summed E-state index contributed by atoms with van der Waals surface area (Å²) in [6, 6.07) is 0.206. The van der Waals surface area contributed by atoms with E-state index in [2.05, 4.69) is 6.92 Å². The van der Waals surface area contributed by atoms with Gasteiger partial charge in [0, 0.05) is 10.9 Å². The molecule has 0 N–H and O–H groups in total. The number of methoxy groups -OCH3 is 1. The minimum atomic E-state index is -0.290. The Bertz CT molecular complexity index is 896. The number of carbonyl (C=O) groups is 1. The van der Waals surface area contributed by atoms with Gasteiger partial charge in [-0.25, -0.2) is 4.98 Å². The first-order chi connectivity index (χ1) is 12.6. The Morgan fingerprint density at radius 1 is 1.35 bits per heavy atom. The van der Waals surface area contributed by atoms with Gasteiger partial charge in [0.05, 0.1) is 18.2 Å². The number of carbonyl (C=O) groups excluding carboxylic acids is 1. The number of hydrogen-bond donors (Lipinski definition) is 0. The van der Waals surface area contributed by atoms with E-state index < -0.39 is 0 Å². The van der Waals surface area contributed by atoms with Crippen LogP contribution in [0.2, 0.25) is 0 Å². The summed E-state index contributed by atoms with van der Waals surface area (Å²) >= 11 is 3.00. The molecule has 26 heavy (non-hydrogen) atoms. The highest BCUT2D eigenvalue weighted by Gasteiger charge is 2.28. The van der Waals surface area contributed by atoms with Crippen molar-refractivity contribution >= 4 is 39.3 Å². The van der Waals surface area contributed by atoms with Crippen molar-refractivity contribution in [2.45, 2.75) is 63.1 Å².